The van der Waals surface area contributed by atoms with E-state index < -0.39 is 0 Å². The zero-order chi connectivity index (χ0) is 15.4. The third-order valence-electron chi connectivity index (χ3n) is 4.73. The molecule has 0 saturated carbocycles. The molecule has 0 bridgehead atoms. The van der Waals surface area contributed by atoms with E-state index in [1.165, 1.54) is 51.4 Å². The van der Waals surface area contributed by atoms with Crippen molar-refractivity contribution < 1.29 is 0 Å². The second-order valence-electron chi connectivity index (χ2n) is 6.45. The number of rotatable bonds is 2. The van der Waals surface area contributed by atoms with Crippen molar-refractivity contribution in [1.29, 1.82) is 0 Å². The Morgan fingerprint density at radius 1 is 0.591 bits per heavy atom. The number of hydrogen-bond acceptors (Lipinski definition) is 6. The Morgan fingerprint density at radius 2 is 0.955 bits per heavy atom. The van der Waals surface area contributed by atoms with Crippen molar-refractivity contribution in [3.05, 3.63) is 0 Å². The van der Waals surface area contributed by atoms with Gasteiger partial charge in [-0.1, -0.05) is 25.7 Å². The molecule has 22 heavy (non-hydrogen) atoms. The van der Waals surface area contributed by atoms with Gasteiger partial charge in [-0.05, 0) is 25.7 Å². The first-order valence-electron chi connectivity index (χ1n) is 8.68. The summed E-state index contributed by atoms with van der Waals surface area (Å²) in [5.41, 5.74) is 13.1. The molecule has 2 aliphatic heterocycles. The highest BCUT2D eigenvalue weighted by Gasteiger charge is 2.22. The third kappa shape index (κ3) is 3.36. The minimum Gasteiger partial charge on any atom is -0.393 e. The first-order valence-corrected chi connectivity index (χ1v) is 8.68. The Hall–Kier alpha value is -1.72. The zero-order valence-corrected chi connectivity index (χ0v) is 13.4. The average Bonchev–Trinajstić information content (AvgIpc) is 2.93. The second-order valence-corrected chi connectivity index (χ2v) is 6.45. The Labute approximate surface area is 132 Å². The minimum absolute atomic E-state index is 0.340. The van der Waals surface area contributed by atoms with Crippen molar-refractivity contribution in [3.8, 4) is 0 Å². The molecule has 2 saturated heterocycles. The highest BCUT2D eigenvalue weighted by atomic mass is 15.3. The smallest absolute Gasteiger partial charge is 0.224 e. The highest BCUT2D eigenvalue weighted by molar-refractivity contribution is 5.77. The Kier molecular flexibility index (Phi) is 4.85. The molecular formula is C16H28N6. The molecule has 3 heterocycles. The molecular weight excluding hydrogens is 276 g/mol. The third-order valence-corrected chi connectivity index (χ3v) is 4.73. The van der Waals surface area contributed by atoms with Crippen molar-refractivity contribution in [2.24, 2.45) is 0 Å². The van der Waals surface area contributed by atoms with Crippen LogP contribution >= 0.6 is 0 Å². The maximum atomic E-state index is 6.45. The Morgan fingerprint density at radius 3 is 1.32 bits per heavy atom. The fourth-order valence-corrected chi connectivity index (χ4v) is 3.51. The van der Waals surface area contributed by atoms with Gasteiger partial charge in [0.15, 0.2) is 11.6 Å². The summed E-state index contributed by atoms with van der Waals surface area (Å²) in [7, 11) is 0. The van der Waals surface area contributed by atoms with Crippen LogP contribution in [0.25, 0.3) is 0 Å². The average molecular weight is 304 g/mol. The maximum absolute atomic E-state index is 6.45. The van der Waals surface area contributed by atoms with Gasteiger partial charge in [-0.15, -0.1) is 0 Å². The zero-order valence-electron chi connectivity index (χ0n) is 13.4. The monoisotopic (exact) mass is 304 g/mol. The van der Waals surface area contributed by atoms with Gasteiger partial charge in [-0.2, -0.15) is 9.97 Å². The normalized spacial score (nSPS) is 20.5. The van der Waals surface area contributed by atoms with Crippen LogP contribution in [0.2, 0.25) is 0 Å². The van der Waals surface area contributed by atoms with Gasteiger partial charge in [0, 0.05) is 26.2 Å². The fraction of sp³-hybridized carbons (Fsp3) is 0.750. The predicted octanol–water partition coefficient (Wildman–Crippen LogP) is 2.40. The van der Waals surface area contributed by atoms with E-state index in [1.54, 1.807) is 0 Å². The first kappa shape index (κ1) is 15.2. The van der Waals surface area contributed by atoms with E-state index in [0.29, 0.717) is 11.6 Å². The van der Waals surface area contributed by atoms with Crippen molar-refractivity contribution in [2.75, 3.05) is 47.4 Å². The van der Waals surface area contributed by atoms with Crippen LogP contribution < -0.4 is 21.3 Å². The molecule has 2 aliphatic rings. The molecule has 0 radical (unpaired) electrons. The fourth-order valence-electron chi connectivity index (χ4n) is 3.51. The SMILES string of the molecule is Nc1nc(N2CCCCCC2)c(N)c(N2CCCCCC2)n1. The van der Waals surface area contributed by atoms with E-state index in [0.717, 1.165) is 37.8 Å². The van der Waals surface area contributed by atoms with Crippen LogP contribution in [-0.2, 0) is 0 Å². The number of nitrogens with two attached hydrogens (primary N) is 2. The van der Waals surface area contributed by atoms with Gasteiger partial charge in [-0.3, -0.25) is 0 Å². The summed E-state index contributed by atoms with van der Waals surface area (Å²) in [5, 5.41) is 0. The van der Waals surface area contributed by atoms with Crippen LogP contribution in [-0.4, -0.2) is 36.1 Å². The van der Waals surface area contributed by atoms with E-state index in [-0.39, 0.29) is 0 Å². The number of hydrogen-bond donors (Lipinski definition) is 2. The van der Waals surface area contributed by atoms with Gasteiger partial charge < -0.3 is 21.3 Å². The quantitative estimate of drug-likeness (QED) is 0.873. The van der Waals surface area contributed by atoms with Gasteiger partial charge in [-0.25, -0.2) is 0 Å². The molecule has 122 valence electrons. The molecule has 0 amide bonds. The number of anilines is 4. The molecule has 6 nitrogen and oxygen atoms in total. The molecule has 1 aromatic rings. The number of nitrogen functional groups attached to an aromatic ring is 2. The summed E-state index contributed by atoms with van der Waals surface area (Å²) < 4.78 is 0. The lowest BCUT2D eigenvalue weighted by atomic mass is 10.2. The highest BCUT2D eigenvalue weighted by Crippen LogP contribution is 2.33. The number of aromatic nitrogens is 2. The summed E-state index contributed by atoms with van der Waals surface area (Å²) in [6.07, 6.45) is 9.94. The van der Waals surface area contributed by atoms with E-state index in [1.807, 2.05) is 0 Å². The van der Waals surface area contributed by atoms with E-state index >= 15 is 0 Å². The molecule has 2 fully saturated rings. The molecule has 6 heteroatoms. The summed E-state index contributed by atoms with van der Waals surface area (Å²) >= 11 is 0. The molecule has 0 unspecified atom stereocenters. The molecule has 0 atom stereocenters. The Bertz CT molecular complexity index is 446. The van der Waals surface area contributed by atoms with Crippen molar-refractivity contribution >= 4 is 23.3 Å². The van der Waals surface area contributed by atoms with Gasteiger partial charge in [0.2, 0.25) is 5.95 Å². The van der Waals surface area contributed by atoms with Gasteiger partial charge in [0.05, 0.1) is 0 Å². The standard InChI is InChI=1S/C16H28N6/c17-13-14(21-9-5-1-2-6-10-21)19-16(18)20-15(13)22-11-7-3-4-8-12-22/h1-12,17H2,(H2,18,19,20). The van der Waals surface area contributed by atoms with Crippen molar-refractivity contribution in [2.45, 2.75) is 51.4 Å². The molecule has 1 aromatic heterocycles. The van der Waals surface area contributed by atoms with Crippen LogP contribution in [0.4, 0.5) is 23.3 Å². The molecule has 3 rings (SSSR count). The minimum atomic E-state index is 0.340. The van der Waals surface area contributed by atoms with Gasteiger partial charge in [0.25, 0.3) is 0 Å². The van der Waals surface area contributed by atoms with Crippen LogP contribution in [0.3, 0.4) is 0 Å². The van der Waals surface area contributed by atoms with E-state index in [9.17, 15) is 0 Å². The molecule has 0 aromatic carbocycles. The van der Waals surface area contributed by atoms with Gasteiger partial charge >= 0.3 is 0 Å². The van der Waals surface area contributed by atoms with E-state index in [4.69, 9.17) is 11.5 Å². The molecule has 0 aliphatic carbocycles. The van der Waals surface area contributed by atoms with Crippen molar-refractivity contribution in [3.63, 3.8) is 0 Å². The predicted molar refractivity (Wildman–Crippen MR) is 92.2 cm³/mol. The summed E-state index contributed by atoms with van der Waals surface area (Å²) in [5.74, 6) is 2.02. The van der Waals surface area contributed by atoms with Gasteiger partial charge in [0.1, 0.15) is 5.69 Å². The van der Waals surface area contributed by atoms with Crippen LogP contribution in [0.15, 0.2) is 0 Å². The lowest BCUT2D eigenvalue weighted by Crippen LogP contribution is -2.30. The first-order chi connectivity index (χ1) is 10.8. The summed E-state index contributed by atoms with van der Waals surface area (Å²) in [4.78, 5) is 13.5. The topological polar surface area (TPSA) is 84.3 Å². The lowest BCUT2D eigenvalue weighted by molar-refractivity contribution is 0.726. The number of nitrogens with zero attached hydrogens (tertiary/aromatic N) is 4. The van der Waals surface area contributed by atoms with Crippen LogP contribution in [0.1, 0.15) is 51.4 Å². The van der Waals surface area contributed by atoms with E-state index in [2.05, 4.69) is 19.8 Å². The molecule has 0 spiro atoms. The Balaban J connectivity index is 1.90. The lowest BCUT2D eigenvalue weighted by Gasteiger charge is -2.28. The van der Waals surface area contributed by atoms with Crippen molar-refractivity contribution in [1.82, 2.24) is 9.97 Å². The van der Waals surface area contributed by atoms with Crippen LogP contribution in [0, 0.1) is 0 Å². The maximum Gasteiger partial charge on any atom is 0.224 e. The summed E-state index contributed by atoms with van der Waals surface area (Å²) in [6.45, 7) is 4.06. The molecule has 4 N–H and O–H groups in total. The second kappa shape index (κ2) is 7.03. The largest absolute Gasteiger partial charge is 0.393 e. The van der Waals surface area contributed by atoms with Crippen LogP contribution in [0.5, 0.6) is 0 Å². The summed E-state index contributed by atoms with van der Waals surface area (Å²) in [6, 6.07) is 0.